The van der Waals surface area contributed by atoms with E-state index in [1.54, 1.807) is 0 Å². The fraction of sp³-hybridized carbons (Fsp3) is 0. The molecular weight excluding hydrogens is 204 g/mol. The molecule has 0 saturated carbocycles. The Labute approximate surface area is 93.2 Å². The van der Waals surface area contributed by atoms with Gasteiger partial charge in [-0.25, -0.2) is 0 Å². The third-order valence-electron chi connectivity index (χ3n) is 2.73. The lowest BCUT2D eigenvalue weighted by atomic mass is 10.1. The number of fused-ring (bicyclic) bond motifs is 3. The molecule has 0 aliphatic heterocycles. The van der Waals surface area contributed by atoms with E-state index in [-0.39, 0.29) is 5.78 Å². The molecule has 1 aliphatic rings. The van der Waals surface area contributed by atoms with Crippen molar-refractivity contribution in [1.82, 2.24) is 0 Å². The van der Waals surface area contributed by atoms with Crippen LogP contribution in [0, 0.1) is 0 Å². The standard InChI is InChI=1S/C13H8OS/c14-13-9-5-2-1-4-8(9)12-10(13)6-3-7-11(12)15/h1-7,15H. The molecule has 0 aromatic heterocycles. The van der Waals surface area contributed by atoms with Crippen molar-refractivity contribution in [1.29, 1.82) is 0 Å². The van der Waals surface area contributed by atoms with Gasteiger partial charge in [0.25, 0.3) is 0 Å². The number of hydrogen-bond acceptors (Lipinski definition) is 2. The van der Waals surface area contributed by atoms with Gasteiger partial charge in [0.05, 0.1) is 0 Å². The highest BCUT2D eigenvalue weighted by Crippen LogP contribution is 2.39. The van der Waals surface area contributed by atoms with Crippen LogP contribution >= 0.6 is 12.6 Å². The molecule has 0 spiro atoms. The molecule has 72 valence electrons. The maximum atomic E-state index is 12.0. The van der Waals surface area contributed by atoms with Gasteiger partial charge in [0.2, 0.25) is 0 Å². The number of thiol groups is 1. The van der Waals surface area contributed by atoms with Crippen molar-refractivity contribution < 1.29 is 4.79 Å². The molecule has 0 heterocycles. The van der Waals surface area contributed by atoms with Crippen LogP contribution in [-0.2, 0) is 0 Å². The zero-order valence-electron chi connectivity index (χ0n) is 7.90. The van der Waals surface area contributed by atoms with E-state index in [4.69, 9.17) is 0 Å². The second-order valence-corrected chi connectivity index (χ2v) is 4.06. The summed E-state index contributed by atoms with van der Waals surface area (Å²) in [5.41, 5.74) is 3.53. The summed E-state index contributed by atoms with van der Waals surface area (Å²) in [5.74, 6) is 0.108. The summed E-state index contributed by atoms with van der Waals surface area (Å²) in [4.78, 5) is 12.9. The van der Waals surface area contributed by atoms with Gasteiger partial charge < -0.3 is 0 Å². The molecule has 1 nitrogen and oxygen atoms in total. The van der Waals surface area contributed by atoms with E-state index in [1.165, 1.54) is 0 Å². The van der Waals surface area contributed by atoms with Crippen LogP contribution in [0.4, 0.5) is 0 Å². The first-order chi connectivity index (χ1) is 7.29. The number of benzene rings is 2. The Bertz CT molecular complexity index is 572. The van der Waals surface area contributed by atoms with Crippen molar-refractivity contribution in [3.8, 4) is 11.1 Å². The Hall–Kier alpha value is -1.54. The minimum atomic E-state index is 0.108. The molecule has 0 bridgehead atoms. The van der Waals surface area contributed by atoms with Crippen LogP contribution in [0.1, 0.15) is 15.9 Å². The van der Waals surface area contributed by atoms with Crippen LogP contribution in [0.15, 0.2) is 47.4 Å². The molecule has 2 aromatic rings. The minimum Gasteiger partial charge on any atom is -0.289 e. The molecule has 15 heavy (non-hydrogen) atoms. The van der Waals surface area contributed by atoms with Crippen LogP contribution < -0.4 is 0 Å². The maximum absolute atomic E-state index is 12.0. The second-order valence-electron chi connectivity index (χ2n) is 3.57. The Morgan fingerprint density at radius 2 is 1.47 bits per heavy atom. The fourth-order valence-electron chi connectivity index (χ4n) is 2.06. The van der Waals surface area contributed by atoms with Crippen molar-refractivity contribution >= 4 is 18.4 Å². The van der Waals surface area contributed by atoms with Crippen molar-refractivity contribution in [2.75, 3.05) is 0 Å². The smallest absolute Gasteiger partial charge is 0.194 e. The lowest BCUT2D eigenvalue weighted by molar-refractivity contribution is 0.104. The molecule has 0 radical (unpaired) electrons. The summed E-state index contributed by atoms with van der Waals surface area (Å²) >= 11 is 4.40. The lowest BCUT2D eigenvalue weighted by Gasteiger charge is -2.01. The van der Waals surface area contributed by atoms with E-state index in [0.29, 0.717) is 0 Å². The molecule has 3 rings (SSSR count). The Morgan fingerprint density at radius 3 is 2.27 bits per heavy atom. The predicted octanol–water partition coefficient (Wildman–Crippen LogP) is 3.19. The number of carbonyl (C=O) groups excluding carboxylic acids is 1. The van der Waals surface area contributed by atoms with Gasteiger partial charge in [-0.1, -0.05) is 36.4 Å². The molecule has 2 aromatic carbocycles. The summed E-state index contributed by atoms with van der Waals surface area (Å²) in [6.45, 7) is 0. The highest BCUT2D eigenvalue weighted by molar-refractivity contribution is 7.80. The minimum absolute atomic E-state index is 0.108. The highest BCUT2D eigenvalue weighted by Gasteiger charge is 2.27. The van der Waals surface area contributed by atoms with Crippen molar-refractivity contribution in [2.24, 2.45) is 0 Å². The normalized spacial score (nSPS) is 12.5. The van der Waals surface area contributed by atoms with Crippen LogP contribution in [0.25, 0.3) is 11.1 Å². The predicted molar refractivity (Wildman–Crippen MR) is 62.6 cm³/mol. The third kappa shape index (κ3) is 1.08. The monoisotopic (exact) mass is 212 g/mol. The van der Waals surface area contributed by atoms with Gasteiger partial charge in [0, 0.05) is 21.6 Å². The summed E-state index contributed by atoms with van der Waals surface area (Å²) in [7, 11) is 0. The first kappa shape index (κ1) is 8.74. The average molecular weight is 212 g/mol. The SMILES string of the molecule is O=C1c2ccccc2-c2c(S)cccc21. The molecule has 0 saturated heterocycles. The lowest BCUT2D eigenvalue weighted by Crippen LogP contribution is -1.93. The summed E-state index contributed by atoms with van der Waals surface area (Å²) in [6, 6.07) is 13.3. The summed E-state index contributed by atoms with van der Waals surface area (Å²) in [5, 5.41) is 0. The van der Waals surface area contributed by atoms with Gasteiger partial charge in [0.15, 0.2) is 5.78 Å². The van der Waals surface area contributed by atoms with E-state index in [2.05, 4.69) is 12.6 Å². The largest absolute Gasteiger partial charge is 0.289 e. The van der Waals surface area contributed by atoms with Crippen molar-refractivity contribution in [3.05, 3.63) is 53.6 Å². The van der Waals surface area contributed by atoms with Crippen LogP contribution in [0.3, 0.4) is 0 Å². The Balaban J connectivity index is 2.45. The number of rotatable bonds is 0. The fourth-order valence-corrected chi connectivity index (χ4v) is 2.38. The van der Waals surface area contributed by atoms with E-state index >= 15 is 0 Å². The second kappa shape index (κ2) is 2.97. The van der Waals surface area contributed by atoms with E-state index in [0.717, 1.165) is 27.1 Å². The van der Waals surface area contributed by atoms with Gasteiger partial charge in [0.1, 0.15) is 0 Å². The number of carbonyl (C=O) groups is 1. The molecule has 0 fully saturated rings. The van der Waals surface area contributed by atoms with Gasteiger partial charge in [-0.2, -0.15) is 0 Å². The van der Waals surface area contributed by atoms with Gasteiger partial charge in [-0.05, 0) is 11.6 Å². The summed E-state index contributed by atoms with van der Waals surface area (Å²) in [6.07, 6.45) is 0. The van der Waals surface area contributed by atoms with Gasteiger partial charge in [-0.3, -0.25) is 4.79 Å². The van der Waals surface area contributed by atoms with E-state index in [9.17, 15) is 4.79 Å². The van der Waals surface area contributed by atoms with Crippen molar-refractivity contribution in [2.45, 2.75) is 4.90 Å². The number of hydrogen-bond donors (Lipinski definition) is 1. The van der Waals surface area contributed by atoms with Crippen molar-refractivity contribution in [3.63, 3.8) is 0 Å². The molecular formula is C13H8OS. The molecule has 0 N–H and O–H groups in total. The van der Waals surface area contributed by atoms with Gasteiger partial charge in [-0.15, -0.1) is 12.6 Å². The Kier molecular flexibility index (Phi) is 1.73. The molecule has 0 atom stereocenters. The first-order valence-electron chi connectivity index (χ1n) is 4.75. The van der Waals surface area contributed by atoms with E-state index < -0.39 is 0 Å². The summed E-state index contributed by atoms with van der Waals surface area (Å²) < 4.78 is 0. The zero-order valence-corrected chi connectivity index (χ0v) is 8.79. The zero-order chi connectivity index (χ0) is 10.4. The van der Waals surface area contributed by atoms with Gasteiger partial charge >= 0.3 is 0 Å². The molecule has 2 heteroatoms. The molecule has 0 amide bonds. The van der Waals surface area contributed by atoms with Crippen LogP contribution in [0.2, 0.25) is 0 Å². The topological polar surface area (TPSA) is 17.1 Å². The maximum Gasteiger partial charge on any atom is 0.194 e. The average Bonchev–Trinajstić information content (AvgIpc) is 2.55. The quantitative estimate of drug-likeness (QED) is 0.566. The van der Waals surface area contributed by atoms with E-state index in [1.807, 2.05) is 42.5 Å². The Morgan fingerprint density at radius 1 is 0.800 bits per heavy atom. The molecule has 0 unspecified atom stereocenters. The number of ketones is 1. The highest BCUT2D eigenvalue weighted by atomic mass is 32.1. The first-order valence-corrected chi connectivity index (χ1v) is 5.20. The molecule has 1 aliphatic carbocycles. The van der Waals surface area contributed by atoms with Crippen LogP contribution in [-0.4, -0.2) is 5.78 Å². The van der Waals surface area contributed by atoms with Crippen LogP contribution in [0.5, 0.6) is 0 Å². The third-order valence-corrected chi connectivity index (χ3v) is 3.10.